The molecule has 90 valence electrons. The third kappa shape index (κ3) is 1.78. The van der Waals surface area contributed by atoms with Crippen molar-refractivity contribution in [3.63, 3.8) is 0 Å². The minimum Gasteiger partial charge on any atom is -0.369 e. The van der Waals surface area contributed by atoms with E-state index in [1.165, 1.54) is 19.3 Å². The Balaban J connectivity index is 2.14. The van der Waals surface area contributed by atoms with Crippen molar-refractivity contribution >= 4 is 28.6 Å². The van der Waals surface area contributed by atoms with E-state index in [2.05, 4.69) is 16.5 Å². The number of hydrogen-bond donors (Lipinski definition) is 1. The average molecular weight is 250 g/mol. The highest BCUT2D eigenvalue weighted by molar-refractivity contribution is 6.31. The maximum atomic E-state index is 6.05. The zero-order chi connectivity index (χ0) is 12.0. The topological polar surface area (TPSA) is 43.8 Å². The van der Waals surface area contributed by atoms with E-state index >= 15 is 0 Å². The van der Waals surface area contributed by atoms with Gasteiger partial charge in [0.05, 0.1) is 11.0 Å². The number of benzene rings is 1. The summed E-state index contributed by atoms with van der Waals surface area (Å²) in [6.45, 7) is 2.29. The second-order valence-corrected chi connectivity index (χ2v) is 5.48. The minimum absolute atomic E-state index is 0.480. The first-order chi connectivity index (χ1) is 8.15. The number of rotatable bonds is 1. The second kappa shape index (κ2) is 3.91. The van der Waals surface area contributed by atoms with E-state index in [0.717, 1.165) is 22.0 Å². The SMILES string of the molecule is CC1CCC(n2c(N)nc3ccc(Cl)cc32)C1. The fourth-order valence-corrected chi connectivity index (χ4v) is 3.05. The zero-order valence-corrected chi connectivity index (χ0v) is 10.6. The van der Waals surface area contributed by atoms with Gasteiger partial charge in [-0.2, -0.15) is 0 Å². The van der Waals surface area contributed by atoms with Crippen molar-refractivity contribution in [3.05, 3.63) is 23.2 Å². The molecular formula is C13H16ClN3. The molecule has 0 saturated heterocycles. The number of nitrogen functional groups attached to an aromatic ring is 1. The van der Waals surface area contributed by atoms with E-state index in [-0.39, 0.29) is 0 Å². The quantitative estimate of drug-likeness (QED) is 0.839. The summed E-state index contributed by atoms with van der Waals surface area (Å²) in [7, 11) is 0. The van der Waals surface area contributed by atoms with Crippen molar-refractivity contribution in [1.29, 1.82) is 0 Å². The van der Waals surface area contributed by atoms with Crippen molar-refractivity contribution in [2.24, 2.45) is 5.92 Å². The van der Waals surface area contributed by atoms with Gasteiger partial charge in [-0.05, 0) is 43.4 Å². The molecule has 17 heavy (non-hydrogen) atoms. The Morgan fingerprint density at radius 3 is 2.94 bits per heavy atom. The predicted octanol–water partition coefficient (Wildman–Crippen LogP) is 3.63. The second-order valence-electron chi connectivity index (χ2n) is 5.05. The average Bonchev–Trinajstić information content (AvgIpc) is 2.81. The molecule has 0 spiro atoms. The molecule has 2 N–H and O–H groups in total. The molecule has 1 aromatic carbocycles. The van der Waals surface area contributed by atoms with Gasteiger partial charge in [0.25, 0.3) is 0 Å². The molecule has 1 heterocycles. The first-order valence-corrected chi connectivity index (χ1v) is 6.46. The van der Waals surface area contributed by atoms with Crippen LogP contribution >= 0.6 is 11.6 Å². The van der Waals surface area contributed by atoms with Crippen LogP contribution in [0, 0.1) is 5.92 Å². The summed E-state index contributed by atoms with van der Waals surface area (Å²) < 4.78 is 2.16. The fraction of sp³-hybridized carbons (Fsp3) is 0.462. The monoisotopic (exact) mass is 249 g/mol. The third-order valence-corrected chi connectivity index (χ3v) is 3.95. The van der Waals surface area contributed by atoms with Crippen LogP contribution in [0.2, 0.25) is 5.02 Å². The van der Waals surface area contributed by atoms with Crippen LogP contribution in [0.3, 0.4) is 0 Å². The molecule has 0 amide bonds. The molecule has 1 aromatic heterocycles. The van der Waals surface area contributed by atoms with Crippen LogP contribution in [-0.2, 0) is 0 Å². The Bertz CT molecular complexity index is 561. The number of imidazole rings is 1. The molecule has 0 radical (unpaired) electrons. The Hall–Kier alpha value is -1.22. The number of nitrogens with zero attached hydrogens (tertiary/aromatic N) is 2. The first-order valence-electron chi connectivity index (χ1n) is 6.08. The summed E-state index contributed by atoms with van der Waals surface area (Å²) in [5, 5.41) is 0.740. The molecule has 1 aliphatic carbocycles. The number of anilines is 1. The Morgan fingerprint density at radius 1 is 1.41 bits per heavy atom. The summed E-state index contributed by atoms with van der Waals surface area (Å²) in [5.41, 5.74) is 8.04. The van der Waals surface area contributed by atoms with Gasteiger partial charge in [0.1, 0.15) is 0 Å². The predicted molar refractivity (Wildman–Crippen MR) is 71.2 cm³/mol. The summed E-state index contributed by atoms with van der Waals surface area (Å²) in [4.78, 5) is 4.41. The van der Waals surface area contributed by atoms with Gasteiger partial charge in [-0.15, -0.1) is 0 Å². The highest BCUT2D eigenvalue weighted by Gasteiger charge is 2.25. The number of halogens is 1. The molecule has 3 nitrogen and oxygen atoms in total. The zero-order valence-electron chi connectivity index (χ0n) is 9.86. The molecule has 1 fully saturated rings. The smallest absolute Gasteiger partial charge is 0.201 e. The van der Waals surface area contributed by atoms with E-state index in [4.69, 9.17) is 17.3 Å². The molecule has 3 rings (SSSR count). The van der Waals surface area contributed by atoms with E-state index in [0.29, 0.717) is 12.0 Å². The number of hydrogen-bond acceptors (Lipinski definition) is 2. The Labute approximate surface area is 106 Å². The number of fused-ring (bicyclic) bond motifs is 1. The Morgan fingerprint density at radius 2 is 2.24 bits per heavy atom. The van der Waals surface area contributed by atoms with E-state index in [1.807, 2.05) is 18.2 Å². The molecule has 2 aromatic rings. The van der Waals surface area contributed by atoms with Gasteiger partial charge in [-0.1, -0.05) is 18.5 Å². The maximum absolute atomic E-state index is 6.05. The largest absolute Gasteiger partial charge is 0.369 e. The highest BCUT2D eigenvalue weighted by Crippen LogP contribution is 2.38. The van der Waals surface area contributed by atoms with Crippen LogP contribution in [0.1, 0.15) is 32.2 Å². The van der Waals surface area contributed by atoms with Gasteiger partial charge >= 0.3 is 0 Å². The van der Waals surface area contributed by atoms with Crippen LogP contribution in [-0.4, -0.2) is 9.55 Å². The molecule has 1 aliphatic rings. The third-order valence-electron chi connectivity index (χ3n) is 3.71. The Kier molecular flexibility index (Phi) is 2.51. The molecule has 2 unspecified atom stereocenters. The van der Waals surface area contributed by atoms with Crippen LogP contribution < -0.4 is 5.73 Å². The highest BCUT2D eigenvalue weighted by atomic mass is 35.5. The molecule has 4 heteroatoms. The fourth-order valence-electron chi connectivity index (χ4n) is 2.88. The van der Waals surface area contributed by atoms with Crippen molar-refractivity contribution < 1.29 is 0 Å². The summed E-state index contributed by atoms with van der Waals surface area (Å²) in [6, 6.07) is 6.23. The molecule has 0 aliphatic heterocycles. The maximum Gasteiger partial charge on any atom is 0.201 e. The van der Waals surface area contributed by atoms with E-state index in [1.54, 1.807) is 0 Å². The van der Waals surface area contributed by atoms with Crippen LogP contribution in [0.15, 0.2) is 18.2 Å². The van der Waals surface area contributed by atoms with Crippen LogP contribution in [0.4, 0.5) is 5.95 Å². The first kappa shape index (κ1) is 10.9. The lowest BCUT2D eigenvalue weighted by molar-refractivity contribution is 0.510. The van der Waals surface area contributed by atoms with Crippen molar-refractivity contribution in [1.82, 2.24) is 9.55 Å². The number of nitrogens with two attached hydrogens (primary N) is 1. The van der Waals surface area contributed by atoms with Crippen molar-refractivity contribution in [2.75, 3.05) is 5.73 Å². The lowest BCUT2D eigenvalue weighted by Crippen LogP contribution is -2.08. The lowest BCUT2D eigenvalue weighted by atomic mass is 10.1. The van der Waals surface area contributed by atoms with Crippen LogP contribution in [0.5, 0.6) is 0 Å². The molecule has 2 atom stereocenters. The minimum atomic E-state index is 0.480. The van der Waals surface area contributed by atoms with Crippen molar-refractivity contribution in [3.8, 4) is 0 Å². The normalized spacial score (nSPS) is 24.6. The molecule has 1 saturated carbocycles. The number of aromatic nitrogens is 2. The van der Waals surface area contributed by atoms with Gasteiger partial charge in [-0.25, -0.2) is 4.98 Å². The lowest BCUT2D eigenvalue weighted by Gasteiger charge is -2.14. The van der Waals surface area contributed by atoms with Crippen molar-refractivity contribution in [2.45, 2.75) is 32.2 Å². The van der Waals surface area contributed by atoms with Gasteiger partial charge in [0, 0.05) is 11.1 Å². The van der Waals surface area contributed by atoms with Gasteiger partial charge < -0.3 is 10.3 Å². The summed E-state index contributed by atoms with van der Waals surface area (Å²) >= 11 is 6.05. The van der Waals surface area contributed by atoms with Gasteiger partial charge in [0.15, 0.2) is 0 Å². The summed E-state index contributed by atoms with van der Waals surface area (Å²) in [6.07, 6.45) is 3.63. The summed E-state index contributed by atoms with van der Waals surface area (Å²) in [5.74, 6) is 1.39. The van der Waals surface area contributed by atoms with Crippen LogP contribution in [0.25, 0.3) is 11.0 Å². The molecule has 0 bridgehead atoms. The van der Waals surface area contributed by atoms with Gasteiger partial charge in [-0.3, -0.25) is 0 Å². The van der Waals surface area contributed by atoms with E-state index < -0.39 is 0 Å². The molecular weight excluding hydrogens is 234 g/mol. The standard InChI is InChI=1S/C13H16ClN3/c1-8-2-4-10(6-8)17-12-7-9(14)3-5-11(12)16-13(17)15/h3,5,7-8,10H,2,4,6H2,1H3,(H2,15,16). The van der Waals surface area contributed by atoms with Gasteiger partial charge in [0.2, 0.25) is 5.95 Å². The van der Waals surface area contributed by atoms with E-state index in [9.17, 15) is 0 Å².